The normalized spacial score (nSPS) is 13.3. The third-order valence-corrected chi connectivity index (χ3v) is 1.53. The molecule has 1 heterocycles. The minimum Gasteiger partial charge on any atom is -0.345 e. The van der Waals surface area contributed by atoms with Crippen molar-refractivity contribution in [2.24, 2.45) is 0 Å². The average molecular weight is 175 g/mol. The fourth-order valence-electron chi connectivity index (χ4n) is 0.701. The van der Waals surface area contributed by atoms with E-state index in [9.17, 15) is 4.21 Å². The molecule has 62 valence electrons. The molecule has 6 heteroatoms. The quantitative estimate of drug-likeness (QED) is 0.563. The van der Waals surface area contributed by atoms with E-state index in [0.717, 1.165) is 11.5 Å². The highest BCUT2D eigenvalue weighted by Gasteiger charge is 1.96. The Morgan fingerprint density at radius 3 is 3.09 bits per heavy atom. The number of hydrogen-bond donors (Lipinski definition) is 3. The Morgan fingerprint density at radius 2 is 2.64 bits per heavy atom. The molecule has 3 N–H and O–H groups in total. The molecule has 0 aliphatic heterocycles. The van der Waals surface area contributed by atoms with E-state index in [2.05, 4.69) is 14.7 Å². The molecule has 0 spiro atoms. The van der Waals surface area contributed by atoms with Crippen LogP contribution in [0.4, 0.5) is 0 Å². The van der Waals surface area contributed by atoms with E-state index in [-0.39, 0.29) is 0 Å². The van der Waals surface area contributed by atoms with Crippen LogP contribution in [-0.4, -0.2) is 18.7 Å². The summed E-state index contributed by atoms with van der Waals surface area (Å²) in [5, 5.41) is 0. The maximum absolute atomic E-state index is 10.1. The Balaban J connectivity index is 2.45. The molecule has 1 aromatic heterocycles. The van der Waals surface area contributed by atoms with Gasteiger partial charge in [0.1, 0.15) is 5.82 Å². The Bertz CT molecular complexity index is 260. The fraction of sp³-hybridized carbons (Fsp3) is 0.400. The van der Waals surface area contributed by atoms with Crippen molar-refractivity contribution in [3.05, 3.63) is 17.7 Å². The number of hydrogen-bond acceptors (Lipinski definition) is 2. The lowest BCUT2D eigenvalue weighted by molar-refractivity contribution is 0.548. The van der Waals surface area contributed by atoms with E-state index in [1.165, 1.54) is 0 Å². The Morgan fingerprint density at radius 1 is 1.91 bits per heavy atom. The third-order valence-electron chi connectivity index (χ3n) is 1.14. The summed E-state index contributed by atoms with van der Waals surface area (Å²) >= 11 is -1.95. The van der Waals surface area contributed by atoms with Gasteiger partial charge in [0.25, 0.3) is 0 Å². The Kier molecular flexibility index (Phi) is 2.75. The molecule has 5 nitrogen and oxygen atoms in total. The summed E-state index contributed by atoms with van der Waals surface area (Å²) in [7, 11) is 0. The van der Waals surface area contributed by atoms with E-state index in [0.29, 0.717) is 6.54 Å². The van der Waals surface area contributed by atoms with Gasteiger partial charge in [-0.05, 0) is 6.92 Å². The lowest BCUT2D eigenvalue weighted by Crippen LogP contribution is -2.15. The molecule has 11 heavy (non-hydrogen) atoms. The molecule has 0 radical (unpaired) electrons. The molecule has 1 atom stereocenters. The second-order valence-electron chi connectivity index (χ2n) is 2.06. The van der Waals surface area contributed by atoms with Crippen LogP contribution in [0.5, 0.6) is 0 Å². The van der Waals surface area contributed by atoms with Crippen LogP contribution in [0, 0.1) is 6.92 Å². The minimum atomic E-state index is -1.95. The van der Waals surface area contributed by atoms with Crippen molar-refractivity contribution in [3.8, 4) is 0 Å². The minimum absolute atomic E-state index is 0.323. The molecule has 0 aliphatic rings. The molecule has 0 saturated carbocycles. The van der Waals surface area contributed by atoms with Gasteiger partial charge in [-0.25, -0.2) is 13.9 Å². The standard InChI is InChI=1S/C5H9N3O2S/c1-4-6-2-5(8-4)3-7-11(9)10/h2,7H,3H2,1H3,(H,6,8)(H,9,10). The second-order valence-corrected chi connectivity index (χ2v) is 2.85. The van der Waals surface area contributed by atoms with Gasteiger partial charge in [0.15, 0.2) is 0 Å². The SMILES string of the molecule is Cc1ncc(CNS(=O)O)[nH]1. The van der Waals surface area contributed by atoms with E-state index in [4.69, 9.17) is 4.55 Å². The highest BCUT2D eigenvalue weighted by atomic mass is 32.2. The van der Waals surface area contributed by atoms with Crippen molar-refractivity contribution in [3.63, 3.8) is 0 Å². The largest absolute Gasteiger partial charge is 0.345 e. The van der Waals surface area contributed by atoms with Gasteiger partial charge < -0.3 is 4.98 Å². The smallest absolute Gasteiger partial charge is 0.232 e. The van der Waals surface area contributed by atoms with E-state index in [1.807, 2.05) is 6.92 Å². The first-order chi connectivity index (χ1) is 5.18. The van der Waals surface area contributed by atoms with Crippen molar-refractivity contribution in [2.75, 3.05) is 0 Å². The number of imidazole rings is 1. The van der Waals surface area contributed by atoms with Crippen LogP contribution in [0.2, 0.25) is 0 Å². The summed E-state index contributed by atoms with van der Waals surface area (Å²) in [6, 6.07) is 0. The predicted octanol–water partition coefficient (Wildman–Crippen LogP) is -0.0556. The number of aromatic nitrogens is 2. The fourth-order valence-corrected chi connectivity index (χ4v) is 0.980. The van der Waals surface area contributed by atoms with Crippen molar-refractivity contribution < 1.29 is 8.76 Å². The summed E-state index contributed by atoms with van der Waals surface area (Å²) in [6.07, 6.45) is 1.62. The number of rotatable bonds is 3. The molecule has 0 fully saturated rings. The second kappa shape index (κ2) is 3.61. The monoisotopic (exact) mass is 175 g/mol. The first-order valence-corrected chi connectivity index (χ1v) is 4.14. The van der Waals surface area contributed by atoms with Gasteiger partial charge in [0, 0.05) is 11.9 Å². The lowest BCUT2D eigenvalue weighted by Gasteiger charge is -1.94. The molecule has 1 unspecified atom stereocenters. The predicted molar refractivity (Wildman–Crippen MR) is 40.9 cm³/mol. The third kappa shape index (κ3) is 2.79. The summed E-state index contributed by atoms with van der Waals surface area (Å²) in [5.41, 5.74) is 0.796. The van der Waals surface area contributed by atoms with Crippen molar-refractivity contribution in [1.82, 2.24) is 14.7 Å². The van der Waals surface area contributed by atoms with Gasteiger partial charge in [0.05, 0.1) is 6.54 Å². The van der Waals surface area contributed by atoms with Crippen LogP contribution in [0.3, 0.4) is 0 Å². The molecule has 1 rings (SSSR count). The topological polar surface area (TPSA) is 78.0 Å². The molecular formula is C5H9N3O2S. The zero-order valence-electron chi connectivity index (χ0n) is 6.00. The van der Waals surface area contributed by atoms with Crippen LogP contribution >= 0.6 is 0 Å². The first-order valence-electron chi connectivity index (χ1n) is 3.03. The molecule has 1 aromatic rings. The zero-order chi connectivity index (χ0) is 8.27. The number of nitrogens with zero attached hydrogens (tertiary/aromatic N) is 1. The van der Waals surface area contributed by atoms with Crippen LogP contribution in [-0.2, 0) is 17.8 Å². The van der Waals surface area contributed by atoms with Crippen LogP contribution in [0.25, 0.3) is 0 Å². The zero-order valence-corrected chi connectivity index (χ0v) is 6.81. The van der Waals surface area contributed by atoms with Crippen molar-refractivity contribution in [1.29, 1.82) is 0 Å². The maximum Gasteiger partial charge on any atom is 0.232 e. The van der Waals surface area contributed by atoms with E-state index >= 15 is 0 Å². The number of nitrogens with one attached hydrogen (secondary N) is 2. The molecule has 0 saturated heterocycles. The molecule has 0 aromatic carbocycles. The summed E-state index contributed by atoms with van der Waals surface area (Å²) in [6.45, 7) is 2.14. The summed E-state index contributed by atoms with van der Waals surface area (Å²) in [5.74, 6) is 0.797. The number of aryl methyl sites for hydroxylation is 1. The molecule has 0 amide bonds. The lowest BCUT2D eigenvalue weighted by atomic mass is 10.5. The highest BCUT2D eigenvalue weighted by Crippen LogP contribution is 1.94. The van der Waals surface area contributed by atoms with E-state index < -0.39 is 11.3 Å². The first kappa shape index (κ1) is 8.38. The van der Waals surface area contributed by atoms with Gasteiger partial charge >= 0.3 is 0 Å². The Hall–Kier alpha value is -0.720. The average Bonchev–Trinajstić information content (AvgIpc) is 2.31. The van der Waals surface area contributed by atoms with Crippen molar-refractivity contribution in [2.45, 2.75) is 13.5 Å². The summed E-state index contributed by atoms with van der Waals surface area (Å²) < 4.78 is 20.8. The maximum atomic E-state index is 10.1. The van der Waals surface area contributed by atoms with Crippen LogP contribution < -0.4 is 4.72 Å². The van der Waals surface area contributed by atoms with Gasteiger partial charge in [-0.2, -0.15) is 0 Å². The van der Waals surface area contributed by atoms with Crippen LogP contribution in [0.15, 0.2) is 6.20 Å². The van der Waals surface area contributed by atoms with Gasteiger partial charge in [-0.1, -0.05) is 0 Å². The van der Waals surface area contributed by atoms with Gasteiger partial charge in [0.2, 0.25) is 11.3 Å². The van der Waals surface area contributed by atoms with Crippen LogP contribution in [0.1, 0.15) is 11.5 Å². The highest BCUT2D eigenvalue weighted by molar-refractivity contribution is 7.77. The molecule has 0 bridgehead atoms. The van der Waals surface area contributed by atoms with Gasteiger partial charge in [-0.15, -0.1) is 0 Å². The summed E-state index contributed by atoms with van der Waals surface area (Å²) in [4.78, 5) is 6.83. The van der Waals surface area contributed by atoms with E-state index in [1.54, 1.807) is 6.20 Å². The Labute approximate surface area is 66.7 Å². The number of H-pyrrole nitrogens is 1. The number of aromatic amines is 1. The molecular weight excluding hydrogens is 166 g/mol. The van der Waals surface area contributed by atoms with Gasteiger partial charge in [-0.3, -0.25) is 4.55 Å². The molecule has 0 aliphatic carbocycles. The van der Waals surface area contributed by atoms with Crippen molar-refractivity contribution >= 4 is 11.3 Å².